The smallest absolute Gasteiger partial charge is 0.264 e. The zero-order valence-corrected chi connectivity index (χ0v) is 12.9. The molecule has 0 bridgehead atoms. The molecule has 5 nitrogen and oxygen atoms in total. The van der Waals surface area contributed by atoms with E-state index in [9.17, 15) is 8.42 Å². The fourth-order valence-corrected chi connectivity index (χ4v) is 3.13. The van der Waals surface area contributed by atoms with Gasteiger partial charge in [0, 0.05) is 7.05 Å². The van der Waals surface area contributed by atoms with E-state index in [0.29, 0.717) is 17.2 Å². The Morgan fingerprint density at radius 1 is 0.905 bits per heavy atom. The number of nitrogens with zero attached hydrogens (tertiary/aromatic N) is 1. The van der Waals surface area contributed by atoms with E-state index in [1.54, 1.807) is 36.4 Å². The summed E-state index contributed by atoms with van der Waals surface area (Å²) in [5.41, 5.74) is 0.482. The Bertz CT molecular complexity index is 711. The SMILES string of the molecule is COc1ccc(S(=O)(=O)N(C)c2ccccc2OC)cc1. The second-order valence-corrected chi connectivity index (χ2v) is 6.29. The van der Waals surface area contributed by atoms with Crippen molar-refractivity contribution in [2.45, 2.75) is 4.90 Å². The lowest BCUT2D eigenvalue weighted by molar-refractivity contribution is 0.414. The van der Waals surface area contributed by atoms with Gasteiger partial charge in [0.05, 0.1) is 24.8 Å². The van der Waals surface area contributed by atoms with Crippen LogP contribution in [0.3, 0.4) is 0 Å². The monoisotopic (exact) mass is 307 g/mol. The van der Waals surface area contributed by atoms with Crippen LogP contribution in [-0.4, -0.2) is 29.7 Å². The molecule has 0 aromatic heterocycles. The van der Waals surface area contributed by atoms with Crippen molar-refractivity contribution in [3.05, 3.63) is 48.5 Å². The third-order valence-electron chi connectivity index (χ3n) is 3.14. The second-order valence-electron chi connectivity index (χ2n) is 4.32. The van der Waals surface area contributed by atoms with E-state index >= 15 is 0 Å². The van der Waals surface area contributed by atoms with Gasteiger partial charge in [-0.3, -0.25) is 4.31 Å². The number of sulfonamides is 1. The molecule has 0 fully saturated rings. The van der Waals surface area contributed by atoms with Crippen LogP contribution >= 0.6 is 0 Å². The molecule has 0 aliphatic heterocycles. The molecule has 0 atom stereocenters. The molecule has 112 valence electrons. The van der Waals surface area contributed by atoms with E-state index in [2.05, 4.69) is 0 Å². The highest BCUT2D eigenvalue weighted by Gasteiger charge is 2.23. The molecule has 6 heteroatoms. The molecule has 21 heavy (non-hydrogen) atoms. The Kier molecular flexibility index (Phi) is 4.37. The maximum Gasteiger partial charge on any atom is 0.264 e. The predicted molar refractivity (Wildman–Crippen MR) is 81.6 cm³/mol. The Labute approximate surface area is 124 Å². The number of benzene rings is 2. The zero-order chi connectivity index (χ0) is 15.5. The second kappa shape index (κ2) is 6.05. The van der Waals surface area contributed by atoms with Gasteiger partial charge in [0.25, 0.3) is 10.0 Å². The van der Waals surface area contributed by atoms with Crippen molar-refractivity contribution < 1.29 is 17.9 Å². The zero-order valence-electron chi connectivity index (χ0n) is 12.1. The third-order valence-corrected chi connectivity index (χ3v) is 4.93. The van der Waals surface area contributed by atoms with Crippen LogP contribution in [0.2, 0.25) is 0 Å². The van der Waals surface area contributed by atoms with Gasteiger partial charge in [0.15, 0.2) is 0 Å². The summed E-state index contributed by atoms with van der Waals surface area (Å²) in [5.74, 6) is 1.10. The number of para-hydroxylation sites is 2. The summed E-state index contributed by atoms with van der Waals surface area (Å²) in [5, 5.41) is 0. The van der Waals surface area contributed by atoms with Crippen molar-refractivity contribution in [3.63, 3.8) is 0 Å². The van der Waals surface area contributed by atoms with Gasteiger partial charge in [-0.15, -0.1) is 0 Å². The van der Waals surface area contributed by atoms with E-state index in [-0.39, 0.29) is 4.90 Å². The van der Waals surface area contributed by atoms with Crippen LogP contribution in [0, 0.1) is 0 Å². The summed E-state index contributed by atoms with van der Waals surface area (Å²) >= 11 is 0. The summed E-state index contributed by atoms with van der Waals surface area (Å²) < 4.78 is 36.7. The van der Waals surface area contributed by atoms with Crippen molar-refractivity contribution >= 4 is 15.7 Å². The number of anilines is 1. The van der Waals surface area contributed by atoms with Crippen LogP contribution in [0.25, 0.3) is 0 Å². The van der Waals surface area contributed by atoms with E-state index < -0.39 is 10.0 Å². The highest BCUT2D eigenvalue weighted by molar-refractivity contribution is 7.92. The molecule has 2 aromatic carbocycles. The molecule has 0 heterocycles. The minimum absolute atomic E-state index is 0.191. The summed E-state index contributed by atoms with van der Waals surface area (Å²) in [4.78, 5) is 0.191. The molecule has 0 saturated heterocycles. The van der Waals surface area contributed by atoms with Gasteiger partial charge in [-0.1, -0.05) is 12.1 Å². The van der Waals surface area contributed by atoms with E-state index in [4.69, 9.17) is 9.47 Å². The molecule has 0 radical (unpaired) electrons. The molecule has 0 N–H and O–H groups in total. The Morgan fingerprint density at radius 3 is 2.10 bits per heavy atom. The van der Waals surface area contributed by atoms with E-state index in [1.807, 2.05) is 0 Å². The van der Waals surface area contributed by atoms with Crippen LogP contribution in [0.4, 0.5) is 5.69 Å². The highest BCUT2D eigenvalue weighted by atomic mass is 32.2. The van der Waals surface area contributed by atoms with Crippen LogP contribution in [-0.2, 0) is 10.0 Å². The van der Waals surface area contributed by atoms with Crippen LogP contribution < -0.4 is 13.8 Å². The van der Waals surface area contributed by atoms with Crippen LogP contribution in [0.1, 0.15) is 0 Å². The predicted octanol–water partition coefficient (Wildman–Crippen LogP) is 2.53. The fourth-order valence-electron chi connectivity index (χ4n) is 1.93. The molecule has 0 spiro atoms. The average Bonchev–Trinajstić information content (AvgIpc) is 2.54. The average molecular weight is 307 g/mol. The lowest BCUT2D eigenvalue weighted by atomic mass is 10.3. The highest BCUT2D eigenvalue weighted by Crippen LogP contribution is 2.31. The van der Waals surface area contributed by atoms with Gasteiger partial charge < -0.3 is 9.47 Å². The van der Waals surface area contributed by atoms with Crippen molar-refractivity contribution in [3.8, 4) is 11.5 Å². The molecule has 0 amide bonds. The molecule has 0 unspecified atom stereocenters. The van der Waals surface area contributed by atoms with Crippen molar-refractivity contribution in [2.24, 2.45) is 0 Å². The van der Waals surface area contributed by atoms with Gasteiger partial charge in [-0.25, -0.2) is 8.42 Å². The summed E-state index contributed by atoms with van der Waals surface area (Å²) in [6, 6.07) is 13.2. The molecular weight excluding hydrogens is 290 g/mol. The molecular formula is C15H17NO4S. The minimum Gasteiger partial charge on any atom is -0.497 e. The van der Waals surface area contributed by atoms with E-state index in [1.165, 1.54) is 37.7 Å². The van der Waals surface area contributed by atoms with Crippen molar-refractivity contribution in [2.75, 3.05) is 25.6 Å². The first-order valence-electron chi connectivity index (χ1n) is 6.26. The largest absolute Gasteiger partial charge is 0.497 e. The Balaban J connectivity index is 2.42. The van der Waals surface area contributed by atoms with Crippen molar-refractivity contribution in [1.29, 1.82) is 0 Å². The Morgan fingerprint density at radius 2 is 1.52 bits per heavy atom. The summed E-state index contributed by atoms with van der Waals surface area (Å²) in [6.45, 7) is 0. The molecule has 2 rings (SSSR count). The normalized spacial score (nSPS) is 11.0. The number of rotatable bonds is 5. The topological polar surface area (TPSA) is 55.8 Å². The van der Waals surface area contributed by atoms with Gasteiger partial charge in [-0.2, -0.15) is 0 Å². The van der Waals surface area contributed by atoms with Crippen molar-refractivity contribution in [1.82, 2.24) is 0 Å². The summed E-state index contributed by atoms with van der Waals surface area (Å²) in [7, 11) is 0.884. The number of hydrogen-bond acceptors (Lipinski definition) is 4. The van der Waals surface area contributed by atoms with Gasteiger partial charge in [-0.05, 0) is 36.4 Å². The Hall–Kier alpha value is -2.21. The van der Waals surface area contributed by atoms with Gasteiger partial charge in [0.2, 0.25) is 0 Å². The number of hydrogen-bond donors (Lipinski definition) is 0. The van der Waals surface area contributed by atoms with Gasteiger partial charge in [0.1, 0.15) is 11.5 Å². The fraction of sp³-hybridized carbons (Fsp3) is 0.200. The molecule has 2 aromatic rings. The summed E-state index contributed by atoms with van der Waals surface area (Å²) in [6.07, 6.45) is 0. The maximum absolute atomic E-state index is 12.6. The standard InChI is InChI=1S/C15H17NO4S/c1-16(14-6-4-5-7-15(14)20-3)21(17,18)13-10-8-12(19-2)9-11-13/h4-11H,1-3H3. The maximum atomic E-state index is 12.6. The third kappa shape index (κ3) is 2.95. The molecule has 0 aliphatic carbocycles. The first-order chi connectivity index (χ1) is 10.0. The molecule has 0 aliphatic rings. The van der Waals surface area contributed by atoms with Crippen LogP contribution in [0.15, 0.2) is 53.4 Å². The first kappa shape index (κ1) is 15.2. The lowest BCUT2D eigenvalue weighted by Gasteiger charge is -2.21. The minimum atomic E-state index is -3.65. The van der Waals surface area contributed by atoms with Crippen LogP contribution in [0.5, 0.6) is 11.5 Å². The molecule has 0 saturated carbocycles. The quantitative estimate of drug-likeness (QED) is 0.852. The lowest BCUT2D eigenvalue weighted by Crippen LogP contribution is -2.26. The van der Waals surface area contributed by atoms with Gasteiger partial charge >= 0.3 is 0 Å². The van der Waals surface area contributed by atoms with E-state index in [0.717, 1.165) is 0 Å². The number of methoxy groups -OCH3 is 2. The number of ether oxygens (including phenoxy) is 2. The first-order valence-corrected chi connectivity index (χ1v) is 7.70.